The molecule has 0 amide bonds. The molecule has 19 heavy (non-hydrogen) atoms. The summed E-state index contributed by atoms with van der Waals surface area (Å²) < 4.78 is 18.1. The molecule has 0 bridgehead atoms. The van der Waals surface area contributed by atoms with Gasteiger partial charge in [-0.15, -0.1) is 0 Å². The highest BCUT2D eigenvalue weighted by Gasteiger charge is 2.08. The minimum atomic E-state index is -0.276. The molecule has 1 aromatic heterocycles. The zero-order valence-corrected chi connectivity index (χ0v) is 10.0. The summed E-state index contributed by atoms with van der Waals surface area (Å²) in [6.45, 7) is 0. The average molecular weight is 254 g/mol. The predicted molar refractivity (Wildman–Crippen MR) is 71.7 cm³/mol. The van der Waals surface area contributed by atoms with E-state index >= 15 is 0 Å². The maximum absolute atomic E-state index is 12.9. The molecule has 0 saturated heterocycles. The van der Waals surface area contributed by atoms with E-state index in [0.717, 1.165) is 16.8 Å². The van der Waals surface area contributed by atoms with Crippen LogP contribution in [0.15, 0.2) is 59.1 Å². The summed E-state index contributed by atoms with van der Waals surface area (Å²) in [5.74, 6) is 0.328. The van der Waals surface area contributed by atoms with Crippen LogP contribution in [0.4, 0.5) is 10.1 Å². The van der Waals surface area contributed by atoms with Crippen molar-refractivity contribution < 1.29 is 8.91 Å². The zero-order chi connectivity index (χ0) is 13.2. The average Bonchev–Trinajstić information content (AvgIpc) is 2.90. The van der Waals surface area contributed by atoms with Crippen molar-refractivity contribution in [2.45, 2.75) is 0 Å². The molecule has 0 aliphatic carbocycles. The van der Waals surface area contributed by atoms with Gasteiger partial charge in [0.15, 0.2) is 5.76 Å². The summed E-state index contributed by atoms with van der Waals surface area (Å²) in [5.41, 5.74) is 8.77. The summed E-state index contributed by atoms with van der Waals surface area (Å²) in [4.78, 5) is 0. The second-order valence-corrected chi connectivity index (χ2v) is 4.21. The van der Waals surface area contributed by atoms with Gasteiger partial charge >= 0.3 is 0 Å². The monoisotopic (exact) mass is 254 g/mol. The quantitative estimate of drug-likeness (QED) is 0.709. The maximum Gasteiger partial charge on any atom is 0.167 e. The summed E-state index contributed by atoms with van der Waals surface area (Å²) in [6.07, 6.45) is 0. The second-order valence-electron chi connectivity index (χ2n) is 4.21. The second kappa shape index (κ2) is 4.57. The topological polar surface area (TPSA) is 52.0 Å². The fraction of sp³-hybridized carbons (Fsp3) is 0. The number of nitrogen functional groups attached to an aromatic ring is 1. The van der Waals surface area contributed by atoms with Gasteiger partial charge in [0.25, 0.3) is 0 Å². The van der Waals surface area contributed by atoms with Crippen LogP contribution in [0.3, 0.4) is 0 Å². The Hall–Kier alpha value is -2.62. The Morgan fingerprint density at radius 1 is 0.895 bits per heavy atom. The van der Waals surface area contributed by atoms with Gasteiger partial charge < -0.3 is 10.3 Å². The van der Waals surface area contributed by atoms with Gasteiger partial charge in [0.1, 0.15) is 11.5 Å². The van der Waals surface area contributed by atoms with E-state index < -0.39 is 0 Å². The molecule has 2 N–H and O–H groups in total. The number of rotatable bonds is 2. The molecule has 2 aromatic carbocycles. The molecule has 3 rings (SSSR count). The first-order valence-corrected chi connectivity index (χ1v) is 5.81. The van der Waals surface area contributed by atoms with Crippen LogP contribution in [0.25, 0.3) is 22.6 Å². The Balaban J connectivity index is 1.95. The Kier molecular flexibility index (Phi) is 2.76. The normalized spacial score (nSPS) is 10.6. The number of hydrogen-bond donors (Lipinski definition) is 1. The van der Waals surface area contributed by atoms with E-state index in [1.165, 1.54) is 12.1 Å². The molecule has 0 aliphatic rings. The minimum Gasteiger partial charge on any atom is -0.399 e. The van der Waals surface area contributed by atoms with Crippen molar-refractivity contribution in [3.63, 3.8) is 0 Å². The highest BCUT2D eigenvalue weighted by Crippen LogP contribution is 2.26. The van der Waals surface area contributed by atoms with Crippen molar-refractivity contribution in [1.29, 1.82) is 0 Å². The van der Waals surface area contributed by atoms with Crippen LogP contribution in [0.5, 0.6) is 0 Å². The van der Waals surface area contributed by atoms with Crippen LogP contribution in [-0.4, -0.2) is 5.16 Å². The highest BCUT2D eigenvalue weighted by atomic mass is 19.1. The summed E-state index contributed by atoms with van der Waals surface area (Å²) in [7, 11) is 0. The van der Waals surface area contributed by atoms with Crippen molar-refractivity contribution in [3.05, 3.63) is 60.4 Å². The Morgan fingerprint density at radius 2 is 1.53 bits per heavy atom. The lowest BCUT2D eigenvalue weighted by Gasteiger charge is -1.95. The minimum absolute atomic E-state index is 0.276. The highest BCUT2D eigenvalue weighted by molar-refractivity contribution is 5.67. The van der Waals surface area contributed by atoms with Gasteiger partial charge in [0.05, 0.1) is 0 Å². The van der Waals surface area contributed by atoms with Crippen LogP contribution in [0.1, 0.15) is 0 Å². The molecule has 0 unspecified atom stereocenters. The van der Waals surface area contributed by atoms with Crippen LogP contribution in [0, 0.1) is 5.82 Å². The van der Waals surface area contributed by atoms with E-state index in [1.807, 2.05) is 30.3 Å². The van der Waals surface area contributed by atoms with E-state index in [9.17, 15) is 4.39 Å². The standard InChI is InChI=1S/C15H11FN2O/c16-12-5-1-11(2-6-12)15-9-14(18-19-15)10-3-7-13(17)8-4-10/h1-9H,17H2. The maximum atomic E-state index is 12.9. The molecule has 0 atom stereocenters. The molecular formula is C15H11FN2O. The SMILES string of the molecule is Nc1ccc(-c2cc(-c3ccc(F)cc3)on2)cc1. The molecule has 1 heterocycles. The van der Waals surface area contributed by atoms with E-state index in [-0.39, 0.29) is 5.82 Å². The summed E-state index contributed by atoms with van der Waals surface area (Å²) in [6, 6.07) is 15.3. The fourth-order valence-corrected chi connectivity index (χ4v) is 1.82. The number of halogens is 1. The molecule has 3 aromatic rings. The molecule has 0 aliphatic heterocycles. The number of aromatic nitrogens is 1. The zero-order valence-electron chi connectivity index (χ0n) is 10.0. The Morgan fingerprint density at radius 3 is 2.21 bits per heavy atom. The van der Waals surface area contributed by atoms with E-state index in [0.29, 0.717) is 11.4 Å². The Labute approximate surface area is 109 Å². The molecule has 3 nitrogen and oxygen atoms in total. The number of hydrogen-bond acceptors (Lipinski definition) is 3. The first-order valence-electron chi connectivity index (χ1n) is 5.81. The number of anilines is 1. The van der Waals surface area contributed by atoms with E-state index in [1.54, 1.807) is 12.1 Å². The first kappa shape index (κ1) is 11.5. The van der Waals surface area contributed by atoms with Crippen LogP contribution in [0.2, 0.25) is 0 Å². The first-order chi connectivity index (χ1) is 9.22. The smallest absolute Gasteiger partial charge is 0.167 e. The van der Waals surface area contributed by atoms with Gasteiger partial charge in [-0.3, -0.25) is 0 Å². The van der Waals surface area contributed by atoms with Gasteiger partial charge in [0, 0.05) is 22.9 Å². The van der Waals surface area contributed by atoms with Crippen molar-refractivity contribution in [3.8, 4) is 22.6 Å². The lowest BCUT2D eigenvalue weighted by Crippen LogP contribution is -1.83. The number of benzene rings is 2. The van der Waals surface area contributed by atoms with Crippen molar-refractivity contribution in [2.24, 2.45) is 0 Å². The number of nitrogens with zero attached hydrogens (tertiary/aromatic N) is 1. The molecule has 0 radical (unpaired) electrons. The Bertz CT molecular complexity index is 627. The molecule has 0 fully saturated rings. The third kappa shape index (κ3) is 2.33. The van der Waals surface area contributed by atoms with Gasteiger partial charge in [-0.05, 0) is 36.4 Å². The molecule has 0 saturated carbocycles. The van der Waals surface area contributed by atoms with Gasteiger partial charge in [-0.25, -0.2) is 4.39 Å². The van der Waals surface area contributed by atoms with Crippen molar-refractivity contribution >= 4 is 5.69 Å². The van der Waals surface area contributed by atoms with Crippen molar-refractivity contribution in [2.75, 3.05) is 5.73 Å². The lowest BCUT2D eigenvalue weighted by molar-refractivity contribution is 0.435. The summed E-state index contributed by atoms with van der Waals surface area (Å²) >= 11 is 0. The molecule has 4 heteroatoms. The van der Waals surface area contributed by atoms with Crippen LogP contribution in [-0.2, 0) is 0 Å². The third-order valence-corrected chi connectivity index (χ3v) is 2.85. The summed E-state index contributed by atoms with van der Waals surface area (Å²) in [5, 5.41) is 4.01. The predicted octanol–water partition coefficient (Wildman–Crippen LogP) is 3.73. The fourth-order valence-electron chi connectivity index (χ4n) is 1.82. The third-order valence-electron chi connectivity index (χ3n) is 2.85. The van der Waals surface area contributed by atoms with Gasteiger partial charge in [-0.2, -0.15) is 0 Å². The van der Waals surface area contributed by atoms with Gasteiger partial charge in [-0.1, -0.05) is 17.3 Å². The molecule has 94 valence electrons. The number of nitrogens with two attached hydrogens (primary N) is 1. The molecule has 0 spiro atoms. The van der Waals surface area contributed by atoms with Crippen molar-refractivity contribution in [1.82, 2.24) is 5.16 Å². The van der Waals surface area contributed by atoms with Crippen LogP contribution < -0.4 is 5.73 Å². The van der Waals surface area contributed by atoms with E-state index in [4.69, 9.17) is 10.3 Å². The largest absolute Gasteiger partial charge is 0.399 e. The molecular weight excluding hydrogens is 243 g/mol. The van der Waals surface area contributed by atoms with Gasteiger partial charge in [0.2, 0.25) is 0 Å². The lowest BCUT2D eigenvalue weighted by atomic mass is 10.1. The van der Waals surface area contributed by atoms with E-state index in [2.05, 4.69) is 5.16 Å². The van der Waals surface area contributed by atoms with Crippen LogP contribution >= 0.6 is 0 Å².